The summed E-state index contributed by atoms with van der Waals surface area (Å²) in [6, 6.07) is 18.5. The maximum absolute atomic E-state index is 13.9. The molecule has 0 saturated carbocycles. The molecule has 38 heavy (non-hydrogen) atoms. The van der Waals surface area contributed by atoms with E-state index in [9.17, 15) is 22.4 Å². The van der Waals surface area contributed by atoms with E-state index in [0.29, 0.717) is 17.1 Å². The second kappa shape index (κ2) is 13.1. The van der Waals surface area contributed by atoms with Gasteiger partial charge in [-0.2, -0.15) is 0 Å². The molecule has 3 aromatic carbocycles. The first-order valence-electron chi connectivity index (χ1n) is 11.8. The molecule has 0 fully saturated rings. The van der Waals surface area contributed by atoms with Crippen LogP contribution in [0.15, 0.2) is 72.8 Å². The first-order chi connectivity index (χ1) is 18.0. The lowest BCUT2D eigenvalue weighted by atomic mass is 10.0. The van der Waals surface area contributed by atoms with E-state index < -0.39 is 40.2 Å². The molecule has 7 nitrogen and oxygen atoms in total. The van der Waals surface area contributed by atoms with Crippen LogP contribution in [0.25, 0.3) is 0 Å². The van der Waals surface area contributed by atoms with Crippen molar-refractivity contribution < 1.29 is 22.4 Å². The van der Waals surface area contributed by atoms with Crippen molar-refractivity contribution in [3.63, 3.8) is 0 Å². The van der Waals surface area contributed by atoms with Crippen molar-refractivity contribution in [2.24, 2.45) is 0 Å². The normalized spacial score (nSPS) is 12.0. The van der Waals surface area contributed by atoms with E-state index >= 15 is 0 Å². The highest BCUT2D eigenvalue weighted by molar-refractivity contribution is 7.92. The van der Waals surface area contributed by atoms with Gasteiger partial charge in [-0.25, -0.2) is 12.8 Å². The van der Waals surface area contributed by atoms with E-state index in [4.69, 9.17) is 23.2 Å². The summed E-state index contributed by atoms with van der Waals surface area (Å²) < 4.78 is 40.0. The molecule has 1 unspecified atom stereocenters. The first-order valence-corrected chi connectivity index (χ1v) is 14.4. The van der Waals surface area contributed by atoms with Crippen LogP contribution in [0.3, 0.4) is 0 Å². The molecular weight excluding hydrogens is 552 g/mol. The number of hydrogen-bond acceptors (Lipinski definition) is 4. The SMILES string of the molecule is CCNC(=O)C(Cc1ccccc1)N(Cc1ccccc1Cl)C(=O)CN(c1ccc(F)c(Cl)c1)S(C)(=O)=O. The molecule has 0 heterocycles. The van der Waals surface area contributed by atoms with Crippen molar-refractivity contribution in [1.29, 1.82) is 0 Å². The Morgan fingerprint density at radius 1 is 0.974 bits per heavy atom. The predicted molar refractivity (Wildman–Crippen MR) is 148 cm³/mol. The zero-order valence-corrected chi connectivity index (χ0v) is 23.2. The van der Waals surface area contributed by atoms with E-state index in [0.717, 1.165) is 28.3 Å². The van der Waals surface area contributed by atoms with Gasteiger partial charge in [0.05, 0.1) is 17.0 Å². The average Bonchev–Trinajstić information content (AvgIpc) is 2.87. The third-order valence-electron chi connectivity index (χ3n) is 5.79. The molecule has 0 aliphatic heterocycles. The van der Waals surface area contributed by atoms with Gasteiger partial charge in [0.15, 0.2) is 0 Å². The Morgan fingerprint density at radius 2 is 1.63 bits per heavy atom. The van der Waals surface area contributed by atoms with Crippen LogP contribution >= 0.6 is 23.2 Å². The van der Waals surface area contributed by atoms with Gasteiger partial charge in [0.2, 0.25) is 21.8 Å². The summed E-state index contributed by atoms with van der Waals surface area (Å²) in [6.45, 7) is 1.41. The fraction of sp³-hybridized carbons (Fsp3) is 0.259. The lowest BCUT2D eigenvalue weighted by Gasteiger charge is -2.33. The molecule has 0 bridgehead atoms. The minimum Gasteiger partial charge on any atom is -0.355 e. The van der Waals surface area contributed by atoms with Crippen LogP contribution in [-0.2, 0) is 32.6 Å². The van der Waals surface area contributed by atoms with Crippen LogP contribution in [0.1, 0.15) is 18.1 Å². The minimum atomic E-state index is -3.99. The highest BCUT2D eigenvalue weighted by atomic mass is 35.5. The van der Waals surface area contributed by atoms with E-state index in [-0.39, 0.29) is 23.7 Å². The van der Waals surface area contributed by atoms with Crippen LogP contribution in [0.4, 0.5) is 10.1 Å². The monoisotopic (exact) mass is 579 g/mol. The van der Waals surface area contributed by atoms with E-state index in [2.05, 4.69) is 5.32 Å². The molecule has 2 amide bonds. The Hall–Kier alpha value is -3.14. The van der Waals surface area contributed by atoms with Crippen molar-refractivity contribution in [2.75, 3.05) is 23.7 Å². The smallest absolute Gasteiger partial charge is 0.244 e. The molecule has 1 N–H and O–H groups in total. The molecule has 0 aromatic heterocycles. The minimum absolute atomic E-state index is 0.0163. The molecule has 1 atom stereocenters. The largest absolute Gasteiger partial charge is 0.355 e. The lowest BCUT2D eigenvalue weighted by molar-refractivity contribution is -0.140. The number of carbonyl (C=O) groups excluding carboxylic acids is 2. The van der Waals surface area contributed by atoms with E-state index in [1.54, 1.807) is 31.2 Å². The van der Waals surface area contributed by atoms with E-state index in [1.165, 1.54) is 11.0 Å². The Balaban J connectivity index is 2.06. The van der Waals surface area contributed by atoms with Crippen LogP contribution in [-0.4, -0.2) is 50.5 Å². The number of sulfonamides is 1. The standard InChI is InChI=1S/C27H28Cl2FN3O4S/c1-3-31-27(35)25(15-19-9-5-4-6-10-19)32(17-20-11-7-8-12-22(20)28)26(34)18-33(38(2,36)37)21-13-14-24(30)23(29)16-21/h4-14,16,25H,3,15,17-18H2,1-2H3,(H,31,35). The highest BCUT2D eigenvalue weighted by Gasteiger charge is 2.33. The molecule has 0 aliphatic rings. The number of nitrogens with one attached hydrogen (secondary N) is 1. The number of carbonyl (C=O) groups is 2. The third kappa shape index (κ3) is 7.69. The molecule has 3 aromatic rings. The summed E-state index contributed by atoms with van der Waals surface area (Å²) in [4.78, 5) is 28.5. The Kier molecular flexibility index (Phi) is 10.1. The van der Waals surface area contributed by atoms with Gasteiger partial charge in [0, 0.05) is 24.5 Å². The molecule has 0 aliphatic carbocycles. The number of rotatable bonds is 11. The number of amides is 2. The molecule has 11 heteroatoms. The number of benzene rings is 3. The lowest BCUT2D eigenvalue weighted by Crippen LogP contribution is -2.53. The van der Waals surface area contributed by atoms with Crippen molar-refractivity contribution in [2.45, 2.75) is 25.9 Å². The molecular formula is C27H28Cl2FN3O4S. The summed E-state index contributed by atoms with van der Waals surface area (Å²) in [6.07, 6.45) is 1.12. The zero-order chi connectivity index (χ0) is 27.9. The van der Waals surface area contributed by atoms with Crippen molar-refractivity contribution in [1.82, 2.24) is 10.2 Å². The van der Waals surface area contributed by atoms with Gasteiger partial charge in [-0.3, -0.25) is 13.9 Å². The summed E-state index contributed by atoms with van der Waals surface area (Å²) in [5.41, 5.74) is 1.41. The molecule has 0 saturated heterocycles. The predicted octanol–water partition coefficient (Wildman–Crippen LogP) is 4.67. The van der Waals surface area contributed by atoms with Gasteiger partial charge in [-0.15, -0.1) is 0 Å². The van der Waals surface area contributed by atoms with E-state index in [1.807, 2.05) is 30.3 Å². The van der Waals surface area contributed by atoms with Crippen LogP contribution < -0.4 is 9.62 Å². The van der Waals surface area contributed by atoms with Crippen LogP contribution in [0, 0.1) is 5.82 Å². The fourth-order valence-corrected chi connectivity index (χ4v) is 5.12. The Labute approximate surface area is 232 Å². The fourth-order valence-electron chi connectivity index (χ4n) is 3.91. The molecule has 202 valence electrons. The molecule has 0 radical (unpaired) electrons. The summed E-state index contributed by atoms with van der Waals surface area (Å²) in [5.74, 6) is -1.77. The van der Waals surface area contributed by atoms with Crippen LogP contribution in [0.2, 0.25) is 10.0 Å². The van der Waals surface area contributed by atoms with Gasteiger partial charge in [0.25, 0.3) is 0 Å². The number of halogens is 3. The van der Waals surface area contributed by atoms with Crippen molar-refractivity contribution in [3.05, 3.63) is 99.8 Å². The maximum atomic E-state index is 13.9. The van der Waals surface area contributed by atoms with Crippen molar-refractivity contribution in [3.8, 4) is 0 Å². The van der Waals surface area contributed by atoms with Gasteiger partial charge in [-0.05, 0) is 42.3 Å². The molecule has 3 rings (SSSR count). The number of anilines is 1. The molecule has 0 spiro atoms. The van der Waals surface area contributed by atoms with Gasteiger partial charge in [0.1, 0.15) is 18.4 Å². The third-order valence-corrected chi connectivity index (χ3v) is 7.59. The quantitative estimate of drug-likeness (QED) is 0.357. The topological polar surface area (TPSA) is 86.8 Å². The Bertz CT molecular complexity index is 1390. The van der Waals surface area contributed by atoms with Gasteiger partial charge >= 0.3 is 0 Å². The highest BCUT2D eigenvalue weighted by Crippen LogP contribution is 2.26. The second-order valence-corrected chi connectivity index (χ2v) is 11.3. The summed E-state index contributed by atoms with van der Waals surface area (Å²) in [7, 11) is -3.99. The maximum Gasteiger partial charge on any atom is 0.244 e. The number of nitrogens with zero attached hydrogens (tertiary/aromatic N) is 2. The summed E-state index contributed by atoms with van der Waals surface area (Å²) >= 11 is 12.3. The summed E-state index contributed by atoms with van der Waals surface area (Å²) in [5, 5.41) is 2.88. The average molecular weight is 581 g/mol. The number of hydrogen-bond donors (Lipinski definition) is 1. The Morgan fingerprint density at radius 3 is 2.24 bits per heavy atom. The zero-order valence-electron chi connectivity index (χ0n) is 20.9. The second-order valence-electron chi connectivity index (χ2n) is 8.58. The van der Waals surface area contributed by atoms with Gasteiger partial charge in [-0.1, -0.05) is 71.7 Å². The van der Waals surface area contributed by atoms with Crippen LogP contribution in [0.5, 0.6) is 0 Å². The number of likely N-dealkylation sites (N-methyl/N-ethyl adjacent to an activating group) is 1. The first kappa shape index (κ1) is 29.4. The van der Waals surface area contributed by atoms with Gasteiger partial charge < -0.3 is 10.2 Å². The van der Waals surface area contributed by atoms with Crippen molar-refractivity contribution >= 4 is 50.7 Å².